The lowest BCUT2D eigenvalue weighted by Gasteiger charge is -2.07. The Balaban J connectivity index is 1.53. The lowest BCUT2D eigenvalue weighted by atomic mass is 10.1. The number of benzene rings is 2. The van der Waals surface area contributed by atoms with Gasteiger partial charge >= 0.3 is 0 Å². The molecule has 1 amide bonds. The van der Waals surface area contributed by atoms with E-state index in [9.17, 15) is 4.79 Å². The van der Waals surface area contributed by atoms with Gasteiger partial charge in [0.1, 0.15) is 5.75 Å². The van der Waals surface area contributed by atoms with Gasteiger partial charge in [-0.25, -0.2) is 0 Å². The van der Waals surface area contributed by atoms with Crippen LogP contribution in [0.15, 0.2) is 54.7 Å². The number of nitrogens with one attached hydrogen (secondary N) is 1. The van der Waals surface area contributed by atoms with Gasteiger partial charge in [-0.15, -0.1) is 0 Å². The number of fused-ring (bicyclic) bond motifs is 1. The van der Waals surface area contributed by atoms with Crippen LogP contribution in [-0.2, 0) is 24.3 Å². The number of hydrogen-bond donors (Lipinski definition) is 1. The fourth-order valence-electron chi connectivity index (χ4n) is 3.01. The second-order valence-corrected chi connectivity index (χ2v) is 6.12. The molecule has 0 radical (unpaired) electrons. The van der Waals surface area contributed by atoms with Gasteiger partial charge in [-0.05, 0) is 60.2 Å². The smallest absolute Gasteiger partial charge is 0.220 e. The standard InChI is InChI=1S/C21H24N2O2/c1-3-23-12-11-18-13-16(7-9-20(18)23)8-10-21(24)22-15-17-5-4-6-19(14-17)25-2/h4-7,9,11-14H,3,8,10,15H2,1-2H3,(H,22,24). The highest BCUT2D eigenvalue weighted by atomic mass is 16.5. The van der Waals surface area contributed by atoms with Crippen LogP contribution >= 0.6 is 0 Å². The summed E-state index contributed by atoms with van der Waals surface area (Å²) < 4.78 is 7.42. The van der Waals surface area contributed by atoms with Gasteiger partial charge in [0.2, 0.25) is 5.91 Å². The van der Waals surface area contributed by atoms with E-state index in [0.29, 0.717) is 13.0 Å². The Kier molecular flexibility index (Phi) is 5.39. The molecule has 0 spiro atoms. The van der Waals surface area contributed by atoms with Crippen LogP contribution in [0.3, 0.4) is 0 Å². The first-order valence-corrected chi connectivity index (χ1v) is 8.67. The minimum Gasteiger partial charge on any atom is -0.497 e. The van der Waals surface area contributed by atoms with Crippen LogP contribution in [0.4, 0.5) is 0 Å². The second kappa shape index (κ2) is 7.88. The number of ether oxygens (including phenoxy) is 1. The van der Waals surface area contributed by atoms with E-state index in [0.717, 1.165) is 24.3 Å². The van der Waals surface area contributed by atoms with Gasteiger partial charge in [0.25, 0.3) is 0 Å². The second-order valence-electron chi connectivity index (χ2n) is 6.12. The average molecular weight is 336 g/mol. The first kappa shape index (κ1) is 17.1. The van der Waals surface area contributed by atoms with Crippen molar-refractivity contribution in [1.29, 1.82) is 0 Å². The molecular weight excluding hydrogens is 312 g/mol. The number of hydrogen-bond acceptors (Lipinski definition) is 2. The van der Waals surface area contributed by atoms with Crippen molar-refractivity contribution < 1.29 is 9.53 Å². The summed E-state index contributed by atoms with van der Waals surface area (Å²) in [5.74, 6) is 0.869. The van der Waals surface area contributed by atoms with Crippen molar-refractivity contribution >= 4 is 16.8 Å². The SMILES string of the molecule is CCn1ccc2cc(CCC(=O)NCc3cccc(OC)c3)ccc21. The van der Waals surface area contributed by atoms with Crippen molar-refractivity contribution in [3.8, 4) is 5.75 Å². The third-order valence-corrected chi connectivity index (χ3v) is 4.44. The van der Waals surface area contributed by atoms with E-state index in [2.05, 4.69) is 47.3 Å². The van der Waals surface area contributed by atoms with Crippen molar-refractivity contribution in [2.45, 2.75) is 32.9 Å². The normalized spacial score (nSPS) is 10.8. The minimum absolute atomic E-state index is 0.0639. The Morgan fingerprint density at radius 2 is 2.00 bits per heavy atom. The molecule has 0 bridgehead atoms. The number of aryl methyl sites for hydroxylation is 2. The topological polar surface area (TPSA) is 43.3 Å². The summed E-state index contributed by atoms with van der Waals surface area (Å²) in [7, 11) is 1.64. The number of rotatable bonds is 7. The van der Waals surface area contributed by atoms with E-state index < -0.39 is 0 Å². The van der Waals surface area contributed by atoms with Crippen LogP contribution in [0.25, 0.3) is 10.9 Å². The molecule has 0 saturated heterocycles. The number of nitrogens with zero attached hydrogens (tertiary/aromatic N) is 1. The monoisotopic (exact) mass is 336 g/mol. The van der Waals surface area contributed by atoms with Crippen LogP contribution in [0.1, 0.15) is 24.5 Å². The van der Waals surface area contributed by atoms with Crippen LogP contribution in [0, 0.1) is 0 Å². The van der Waals surface area contributed by atoms with E-state index in [1.54, 1.807) is 7.11 Å². The lowest BCUT2D eigenvalue weighted by molar-refractivity contribution is -0.121. The largest absolute Gasteiger partial charge is 0.497 e. The molecule has 1 heterocycles. The molecule has 0 unspecified atom stereocenters. The zero-order chi connectivity index (χ0) is 17.6. The van der Waals surface area contributed by atoms with Crippen LogP contribution in [0.2, 0.25) is 0 Å². The first-order valence-electron chi connectivity index (χ1n) is 8.67. The summed E-state index contributed by atoms with van der Waals surface area (Å²) in [6.45, 7) is 3.63. The van der Waals surface area contributed by atoms with E-state index in [4.69, 9.17) is 4.74 Å². The fourth-order valence-corrected chi connectivity index (χ4v) is 3.01. The molecule has 3 rings (SSSR count). The molecule has 0 aliphatic heterocycles. The number of aromatic nitrogens is 1. The van der Waals surface area contributed by atoms with Crippen molar-refractivity contribution in [2.75, 3.05) is 7.11 Å². The maximum atomic E-state index is 12.1. The summed E-state index contributed by atoms with van der Waals surface area (Å²) >= 11 is 0. The Hall–Kier alpha value is -2.75. The summed E-state index contributed by atoms with van der Waals surface area (Å²) in [5.41, 5.74) is 3.47. The highest BCUT2D eigenvalue weighted by molar-refractivity contribution is 5.81. The third-order valence-electron chi connectivity index (χ3n) is 4.44. The molecule has 0 aliphatic carbocycles. The van der Waals surface area contributed by atoms with Crippen LogP contribution < -0.4 is 10.1 Å². The Morgan fingerprint density at radius 1 is 1.12 bits per heavy atom. The maximum absolute atomic E-state index is 12.1. The fraction of sp³-hybridized carbons (Fsp3) is 0.286. The third kappa shape index (κ3) is 4.21. The van der Waals surface area contributed by atoms with E-state index in [1.807, 2.05) is 24.3 Å². The van der Waals surface area contributed by atoms with Crippen LogP contribution in [0.5, 0.6) is 5.75 Å². The van der Waals surface area contributed by atoms with E-state index in [-0.39, 0.29) is 5.91 Å². The van der Waals surface area contributed by atoms with Gasteiger partial charge in [0.05, 0.1) is 7.11 Å². The summed E-state index contributed by atoms with van der Waals surface area (Å²) in [5, 5.41) is 4.20. The number of amides is 1. The average Bonchev–Trinajstić information content (AvgIpc) is 3.07. The van der Waals surface area contributed by atoms with Gasteiger partial charge in [-0.2, -0.15) is 0 Å². The first-order chi connectivity index (χ1) is 12.2. The Morgan fingerprint density at radius 3 is 2.80 bits per heavy atom. The van der Waals surface area contributed by atoms with Crippen molar-refractivity contribution in [3.63, 3.8) is 0 Å². The molecule has 2 aromatic carbocycles. The molecule has 1 N–H and O–H groups in total. The molecule has 0 fully saturated rings. The Labute approximate surface area is 148 Å². The lowest BCUT2D eigenvalue weighted by Crippen LogP contribution is -2.23. The van der Waals surface area contributed by atoms with Gasteiger partial charge in [-0.1, -0.05) is 18.2 Å². The Bertz CT molecular complexity index is 867. The number of methoxy groups -OCH3 is 1. The zero-order valence-corrected chi connectivity index (χ0v) is 14.8. The quantitative estimate of drug-likeness (QED) is 0.711. The molecule has 130 valence electrons. The molecule has 4 nitrogen and oxygen atoms in total. The van der Waals surface area contributed by atoms with Crippen molar-refractivity contribution in [1.82, 2.24) is 9.88 Å². The summed E-state index contributed by atoms with van der Waals surface area (Å²) in [6, 6.07) is 16.3. The minimum atomic E-state index is 0.0639. The van der Waals surface area contributed by atoms with Crippen molar-refractivity contribution in [2.24, 2.45) is 0 Å². The highest BCUT2D eigenvalue weighted by Crippen LogP contribution is 2.18. The highest BCUT2D eigenvalue weighted by Gasteiger charge is 2.05. The zero-order valence-electron chi connectivity index (χ0n) is 14.8. The van der Waals surface area contributed by atoms with E-state index >= 15 is 0 Å². The summed E-state index contributed by atoms with van der Waals surface area (Å²) in [4.78, 5) is 12.1. The van der Waals surface area contributed by atoms with Crippen LogP contribution in [-0.4, -0.2) is 17.6 Å². The molecule has 3 aromatic rings. The van der Waals surface area contributed by atoms with Gasteiger partial charge in [0, 0.05) is 31.2 Å². The van der Waals surface area contributed by atoms with Gasteiger partial charge < -0.3 is 14.6 Å². The van der Waals surface area contributed by atoms with Gasteiger partial charge in [-0.3, -0.25) is 4.79 Å². The van der Waals surface area contributed by atoms with Crippen molar-refractivity contribution in [3.05, 3.63) is 65.9 Å². The molecule has 0 aliphatic rings. The molecular formula is C21H24N2O2. The molecule has 4 heteroatoms. The number of carbonyl (C=O) groups is 1. The molecule has 0 atom stereocenters. The molecule has 0 saturated carbocycles. The summed E-state index contributed by atoms with van der Waals surface area (Å²) in [6.07, 6.45) is 3.34. The number of carbonyl (C=O) groups excluding carboxylic acids is 1. The van der Waals surface area contributed by atoms with Gasteiger partial charge in [0.15, 0.2) is 0 Å². The maximum Gasteiger partial charge on any atom is 0.220 e. The molecule has 1 aromatic heterocycles. The molecule has 25 heavy (non-hydrogen) atoms. The predicted molar refractivity (Wildman–Crippen MR) is 101 cm³/mol. The predicted octanol–water partition coefficient (Wildman–Crippen LogP) is 3.92. The van der Waals surface area contributed by atoms with E-state index in [1.165, 1.54) is 16.5 Å².